The molecule has 2 aliphatic rings. The molecule has 4 aromatic carbocycles. The lowest BCUT2D eigenvalue weighted by molar-refractivity contribution is -0.144. The van der Waals surface area contributed by atoms with Crippen LogP contribution in [0.15, 0.2) is 89.7 Å². The molecule has 0 unspecified atom stereocenters. The molecule has 0 radical (unpaired) electrons. The predicted molar refractivity (Wildman–Crippen MR) is 417 cm³/mol. The minimum atomic E-state index is -1.74. The van der Waals surface area contributed by atoms with E-state index in [9.17, 15) is 87.2 Å². The van der Waals surface area contributed by atoms with Gasteiger partial charge in [-0.2, -0.15) is 0 Å². The number of carbonyl (C=O) groups is 14. The maximum Gasteiger partial charge on any atom is 0.513 e. The number of carboxylic acids is 4. The summed E-state index contributed by atoms with van der Waals surface area (Å²) in [4.78, 5) is 197. The summed E-state index contributed by atoms with van der Waals surface area (Å²) >= 11 is 0. The van der Waals surface area contributed by atoms with Crippen LogP contribution in [0.1, 0.15) is 135 Å². The summed E-state index contributed by atoms with van der Waals surface area (Å²) in [7, 11) is 5.01. The number of amides is 5. The fourth-order valence-corrected chi connectivity index (χ4v) is 15.2. The molecule has 1 saturated heterocycles. The zero-order chi connectivity index (χ0) is 82.8. The minimum absolute atomic E-state index is 0.00823. The third kappa shape index (κ3) is 28.4. The molecule has 1 aromatic heterocycles. The van der Waals surface area contributed by atoms with Crippen molar-refractivity contribution in [2.45, 2.75) is 159 Å². The second kappa shape index (κ2) is 46.4. The smallest absolute Gasteiger partial charge is 0.493 e. The van der Waals surface area contributed by atoms with Crippen LogP contribution in [0.3, 0.4) is 0 Å². The number of Topliss-reactive ketones (excluding diaryl/α,β-unsaturated/α-hetero) is 3. The second-order valence-electron chi connectivity index (χ2n) is 27.5. The summed E-state index contributed by atoms with van der Waals surface area (Å²) in [5.41, 5.74) is 9.14. The van der Waals surface area contributed by atoms with Gasteiger partial charge in [0, 0.05) is 105 Å². The number of nitrogens with zero attached hydrogens (tertiary/aromatic N) is 2. The van der Waals surface area contributed by atoms with E-state index < -0.39 is 139 Å². The van der Waals surface area contributed by atoms with Crippen molar-refractivity contribution in [3.05, 3.63) is 123 Å². The van der Waals surface area contributed by atoms with Crippen molar-refractivity contribution in [2.75, 3.05) is 71.7 Å². The summed E-state index contributed by atoms with van der Waals surface area (Å²) in [5, 5.41) is 51.2. The van der Waals surface area contributed by atoms with E-state index in [2.05, 4.69) is 36.2 Å². The number of aliphatic carboxylic acids is 4. The van der Waals surface area contributed by atoms with Crippen molar-refractivity contribution in [2.24, 2.45) is 17.6 Å². The summed E-state index contributed by atoms with van der Waals surface area (Å²) in [6.07, 6.45) is -0.938. The predicted octanol–water partition coefficient (Wildman–Crippen LogP) is 6.35. The number of nitrogens with two attached hydrogens (primary N) is 1. The molecule has 11 N–H and O–H groups in total. The van der Waals surface area contributed by atoms with Gasteiger partial charge in [0.1, 0.15) is 30.2 Å². The number of aromatic nitrogens is 1. The number of pyridine rings is 1. The Morgan fingerprint density at radius 2 is 1.25 bits per heavy atom. The Hall–Kier alpha value is -10.8. The van der Waals surface area contributed by atoms with Gasteiger partial charge in [-0.15, -0.1) is 0 Å². The molecule has 0 saturated carbocycles. The first-order valence-corrected chi connectivity index (χ1v) is 39.9. The van der Waals surface area contributed by atoms with Crippen molar-refractivity contribution in [1.82, 2.24) is 36.1 Å². The molecular formula is C79H98N8O25S2. The normalized spacial score (nSPS) is 14.2. The van der Waals surface area contributed by atoms with E-state index in [0.717, 1.165) is 40.2 Å². The van der Waals surface area contributed by atoms with Crippen LogP contribution in [0.5, 0.6) is 17.2 Å². The van der Waals surface area contributed by atoms with Crippen LogP contribution in [0.4, 0.5) is 9.59 Å². The van der Waals surface area contributed by atoms with Crippen LogP contribution in [-0.2, 0) is 86.3 Å². The van der Waals surface area contributed by atoms with Gasteiger partial charge in [-0.3, -0.25) is 62.4 Å². The number of ketones is 4. The van der Waals surface area contributed by atoms with Crippen LogP contribution in [0.2, 0.25) is 0 Å². The van der Waals surface area contributed by atoms with Crippen molar-refractivity contribution in [3.8, 4) is 28.5 Å². The van der Waals surface area contributed by atoms with Gasteiger partial charge in [-0.25, -0.2) is 14.4 Å². The number of carboxylic acid groups (broad SMARTS) is 4. The number of carbonyl (C=O) groups excluding carboxylic acids is 10. The molecule has 7 rings (SSSR count). The summed E-state index contributed by atoms with van der Waals surface area (Å²) in [6, 6.07) is 17.0. The van der Waals surface area contributed by atoms with Gasteiger partial charge in [0.15, 0.2) is 35.1 Å². The van der Waals surface area contributed by atoms with Crippen molar-refractivity contribution in [3.63, 3.8) is 0 Å². The maximum atomic E-state index is 14.5. The summed E-state index contributed by atoms with van der Waals surface area (Å²) in [5.74, 6) is -11.6. The number of fused-ring (bicyclic) bond motifs is 5. The Morgan fingerprint density at radius 3 is 1.88 bits per heavy atom. The second-order valence-corrected chi connectivity index (χ2v) is 30.1. The summed E-state index contributed by atoms with van der Waals surface area (Å²) in [6.45, 7) is 4.62. The van der Waals surface area contributed by atoms with Crippen LogP contribution in [0, 0.1) is 18.8 Å². The highest BCUT2D eigenvalue weighted by molar-refractivity contribution is 8.76. The van der Waals surface area contributed by atoms with E-state index in [0.29, 0.717) is 111 Å². The standard InChI is InChI=1S/C79H98N8O25S2/c1-47-35-54-55(72(97)70-53-40-64(107-2)65(108-3)42-56(53)75(100)87(71(54)70)28-16-27-86-29-31-109-32-30-86)41-63(47)112-79(106)110-33-34-113-114-45-51(76(101)102)39-62(91)60(43-69(95)96)83-74(99)57(80)44-81-73(98)50(36-48-17-10-8-11-18-48)38-61(90)59(37-49-19-12-9-13-20-49)82-66(92)22-15-7-5-4-6-14-21-52(89)23-24-58(77(103)104)84-78(105)85-67(111-46-88)25-26-68(93)94/h8-13,17-20,35,40-42,46,50-51,57-60,67H,4-7,14-16,21-34,36-39,43-45,80H2,1-3H3,(H,81,98)(H,82,92)(H,83,99)(H,93,94)(H,95,96)(H,101,102)(H,103,104)(H2,84,85,105)/t50-,51+,57+,58+,59+,60+,67-/m1/s1. The molecule has 5 amide bonds. The molecule has 7 atom stereocenters. The molecule has 616 valence electrons. The Balaban J connectivity index is 0.854. The van der Waals surface area contributed by atoms with E-state index in [1.807, 2.05) is 0 Å². The first-order valence-electron chi connectivity index (χ1n) is 37.4. The number of morpholine rings is 1. The third-order valence-corrected chi connectivity index (χ3v) is 21.6. The fraction of sp³-hybridized carbons (Fsp3) is 0.481. The maximum absolute atomic E-state index is 14.5. The van der Waals surface area contributed by atoms with Crippen molar-refractivity contribution >= 4 is 116 Å². The number of nitrogens with one attached hydrogen (secondary N) is 5. The number of urea groups is 1. The van der Waals surface area contributed by atoms with E-state index >= 15 is 0 Å². The van der Waals surface area contributed by atoms with Gasteiger partial charge < -0.3 is 85.7 Å². The topological polar surface area (TPSA) is 487 Å². The lowest BCUT2D eigenvalue weighted by Crippen LogP contribution is -2.53. The quantitative estimate of drug-likeness (QED) is 0.00496. The molecule has 33 nitrogen and oxygen atoms in total. The van der Waals surface area contributed by atoms with Crippen molar-refractivity contribution in [1.29, 1.82) is 0 Å². The van der Waals surface area contributed by atoms with Gasteiger partial charge in [0.25, 0.3) is 12.0 Å². The Bertz CT molecular complexity index is 4290. The SMILES string of the molecule is COc1cc2c3c(n(CCCN4CCOCC4)c(=O)c2cc1OC)-c1cc(C)c(OC(=O)OCCSSC[C@H](CC(=O)[C@H](CC(=O)O)NC(=O)[C@@H](N)CNC(=O)[C@@H](CC(=O)[C@H](Cc2ccccc2)NC(=O)CCCCCCCCC(=O)CC[C@H](NC(=O)N[C@@H](CCC(=O)O)OC=O)C(=O)O)Cc2ccccc2)C(=O)O)cc1C3=O. The monoisotopic (exact) mass is 1620 g/mol. The number of aryl methyl sites for hydroxylation is 1. The Morgan fingerprint density at radius 1 is 0.614 bits per heavy atom. The lowest BCUT2D eigenvalue weighted by atomic mass is 9.89. The van der Waals surface area contributed by atoms with Crippen LogP contribution in [0.25, 0.3) is 22.0 Å². The average Bonchev–Trinajstić information content (AvgIpc) is 1.54. The molecule has 0 bridgehead atoms. The molecule has 5 aromatic rings. The molecular weight excluding hydrogens is 1530 g/mol. The highest BCUT2D eigenvalue weighted by Crippen LogP contribution is 2.44. The number of hydrogen-bond acceptors (Lipinski definition) is 25. The molecule has 1 aliphatic carbocycles. The van der Waals surface area contributed by atoms with Crippen LogP contribution < -0.4 is 52.1 Å². The summed E-state index contributed by atoms with van der Waals surface area (Å²) < 4.78 is 33.8. The molecule has 1 aliphatic heterocycles. The largest absolute Gasteiger partial charge is 0.513 e. The molecule has 114 heavy (non-hydrogen) atoms. The van der Waals surface area contributed by atoms with Crippen molar-refractivity contribution < 1.29 is 116 Å². The fourth-order valence-electron chi connectivity index (χ4n) is 13.1. The first-order chi connectivity index (χ1) is 54.7. The minimum Gasteiger partial charge on any atom is -0.493 e. The molecule has 1 fully saturated rings. The third-order valence-electron chi connectivity index (χ3n) is 19.1. The van der Waals surface area contributed by atoms with Gasteiger partial charge in [0.2, 0.25) is 17.7 Å². The number of ether oxygens (including phenoxy) is 6. The molecule has 35 heteroatoms. The number of unbranched alkanes of at least 4 members (excludes halogenated alkanes) is 5. The molecule has 2 heterocycles. The Kier molecular flexibility index (Phi) is 36.8. The Labute approximate surface area is 664 Å². The van der Waals surface area contributed by atoms with E-state index in [1.54, 1.807) is 90.4 Å². The van der Waals surface area contributed by atoms with Gasteiger partial charge >= 0.3 is 36.1 Å². The first kappa shape index (κ1) is 90.4. The zero-order valence-corrected chi connectivity index (χ0v) is 65.3. The van der Waals surface area contributed by atoms with E-state index in [1.165, 1.54) is 20.3 Å². The number of hydrogen-bond donors (Lipinski definition) is 10. The highest BCUT2D eigenvalue weighted by atomic mass is 33.1. The number of methoxy groups -OCH3 is 2. The highest BCUT2D eigenvalue weighted by Gasteiger charge is 2.37. The van der Waals surface area contributed by atoms with Gasteiger partial charge in [-0.1, -0.05) is 108 Å². The number of benzene rings is 4. The van der Waals surface area contributed by atoms with E-state index in [4.69, 9.17) is 34.5 Å². The van der Waals surface area contributed by atoms with Gasteiger partial charge in [0.05, 0.1) is 74.9 Å². The average molecular weight is 1620 g/mol. The van der Waals surface area contributed by atoms with E-state index in [-0.39, 0.29) is 110 Å². The van der Waals surface area contributed by atoms with Crippen LogP contribution >= 0.6 is 21.6 Å². The zero-order valence-electron chi connectivity index (χ0n) is 63.7. The molecule has 0 spiro atoms. The number of rotatable bonds is 52. The lowest BCUT2D eigenvalue weighted by Gasteiger charge is -2.26. The van der Waals surface area contributed by atoms with Crippen LogP contribution in [-0.4, -0.2) is 215 Å². The van der Waals surface area contributed by atoms with Gasteiger partial charge in [-0.05, 0) is 86.4 Å².